The highest BCUT2D eigenvalue weighted by Crippen LogP contribution is 2.28. The van der Waals surface area contributed by atoms with Gasteiger partial charge in [-0.2, -0.15) is 0 Å². The third kappa shape index (κ3) is 5.49. The lowest BCUT2D eigenvalue weighted by Gasteiger charge is -2.14. The molecule has 4 heteroatoms. The maximum atomic E-state index is 9.50. The van der Waals surface area contributed by atoms with Crippen LogP contribution >= 0.6 is 0 Å². The zero-order valence-corrected chi connectivity index (χ0v) is 12.1. The maximum absolute atomic E-state index is 9.50. The zero-order valence-electron chi connectivity index (χ0n) is 12.1. The summed E-state index contributed by atoms with van der Waals surface area (Å²) in [6.07, 6.45) is 1.37. The van der Waals surface area contributed by atoms with Crippen LogP contribution < -0.4 is 14.8 Å². The molecule has 2 N–H and O–H groups in total. The van der Waals surface area contributed by atoms with Crippen molar-refractivity contribution in [3.8, 4) is 11.5 Å². The van der Waals surface area contributed by atoms with Crippen molar-refractivity contribution in [3.05, 3.63) is 23.8 Å². The second-order valence-electron chi connectivity index (χ2n) is 4.54. The molecule has 0 radical (unpaired) electrons. The third-order valence-electron chi connectivity index (χ3n) is 2.89. The molecule has 0 aliphatic heterocycles. The van der Waals surface area contributed by atoms with Crippen LogP contribution in [0.15, 0.2) is 18.2 Å². The van der Waals surface area contributed by atoms with Gasteiger partial charge in [0, 0.05) is 6.54 Å². The van der Waals surface area contributed by atoms with E-state index >= 15 is 0 Å². The summed E-state index contributed by atoms with van der Waals surface area (Å²) in [5, 5.41) is 12.9. The Morgan fingerprint density at radius 3 is 2.68 bits per heavy atom. The number of rotatable bonds is 9. The van der Waals surface area contributed by atoms with E-state index in [1.807, 2.05) is 25.1 Å². The van der Waals surface area contributed by atoms with Gasteiger partial charge in [-0.25, -0.2) is 0 Å². The number of benzene rings is 1. The Bertz CT molecular complexity index is 368. The van der Waals surface area contributed by atoms with E-state index in [-0.39, 0.29) is 0 Å². The summed E-state index contributed by atoms with van der Waals surface area (Å²) in [6, 6.07) is 5.87. The highest BCUT2D eigenvalue weighted by atomic mass is 16.5. The molecule has 19 heavy (non-hydrogen) atoms. The molecule has 0 bridgehead atoms. The Kier molecular flexibility index (Phi) is 7.30. The minimum absolute atomic E-state index is 0.292. The molecule has 0 saturated heterocycles. The lowest BCUT2D eigenvalue weighted by molar-refractivity contribution is 0.102. The topological polar surface area (TPSA) is 50.7 Å². The monoisotopic (exact) mass is 267 g/mol. The van der Waals surface area contributed by atoms with Gasteiger partial charge in [0.05, 0.1) is 13.2 Å². The Hall–Kier alpha value is -1.26. The van der Waals surface area contributed by atoms with Crippen LogP contribution in [0.1, 0.15) is 32.3 Å². The molecule has 1 aromatic rings. The normalized spacial score (nSPS) is 12.2. The fourth-order valence-corrected chi connectivity index (χ4v) is 1.65. The smallest absolute Gasteiger partial charge is 0.161 e. The molecular weight excluding hydrogens is 242 g/mol. The van der Waals surface area contributed by atoms with Gasteiger partial charge in [0.25, 0.3) is 0 Å². The summed E-state index contributed by atoms with van der Waals surface area (Å²) in [5.41, 5.74) is 1.16. The van der Waals surface area contributed by atoms with Gasteiger partial charge in [0.15, 0.2) is 11.5 Å². The van der Waals surface area contributed by atoms with Gasteiger partial charge in [0.2, 0.25) is 0 Å². The number of methoxy groups -OCH3 is 1. The number of hydrogen-bond donors (Lipinski definition) is 2. The number of aliphatic hydroxyl groups excluding tert-OH is 1. The first kappa shape index (κ1) is 15.8. The highest BCUT2D eigenvalue weighted by molar-refractivity contribution is 5.42. The Morgan fingerprint density at radius 2 is 2.05 bits per heavy atom. The molecule has 0 aromatic heterocycles. The van der Waals surface area contributed by atoms with Gasteiger partial charge in [-0.3, -0.25) is 0 Å². The number of ether oxygens (including phenoxy) is 2. The van der Waals surface area contributed by atoms with Gasteiger partial charge in [0.1, 0.15) is 6.61 Å². The van der Waals surface area contributed by atoms with Crippen LogP contribution in [0.5, 0.6) is 11.5 Å². The van der Waals surface area contributed by atoms with E-state index in [1.54, 1.807) is 7.11 Å². The average molecular weight is 267 g/mol. The molecule has 0 spiro atoms. The van der Waals surface area contributed by atoms with E-state index in [4.69, 9.17) is 9.47 Å². The van der Waals surface area contributed by atoms with E-state index in [9.17, 15) is 5.11 Å². The number of aliphatic hydroxyl groups is 1. The van der Waals surface area contributed by atoms with Crippen molar-refractivity contribution < 1.29 is 14.6 Å². The van der Waals surface area contributed by atoms with Crippen LogP contribution in [-0.2, 0) is 6.54 Å². The summed E-state index contributed by atoms with van der Waals surface area (Å²) < 4.78 is 10.9. The fourth-order valence-electron chi connectivity index (χ4n) is 1.65. The first-order valence-electron chi connectivity index (χ1n) is 6.89. The minimum Gasteiger partial charge on any atom is -0.493 e. The quantitative estimate of drug-likeness (QED) is 0.674. The van der Waals surface area contributed by atoms with Crippen molar-refractivity contribution in [2.75, 3.05) is 20.3 Å². The Morgan fingerprint density at radius 1 is 1.26 bits per heavy atom. The summed E-state index contributed by atoms with van der Waals surface area (Å²) in [5.74, 6) is 1.38. The van der Waals surface area contributed by atoms with Crippen LogP contribution in [0, 0.1) is 0 Å². The molecule has 0 fully saturated rings. The Balaban J connectivity index is 2.62. The van der Waals surface area contributed by atoms with E-state index in [1.165, 1.54) is 0 Å². The predicted molar refractivity (Wildman–Crippen MR) is 76.8 cm³/mol. The molecule has 0 heterocycles. The molecule has 108 valence electrons. The van der Waals surface area contributed by atoms with Crippen molar-refractivity contribution >= 4 is 0 Å². The molecular formula is C15H25NO3. The van der Waals surface area contributed by atoms with Gasteiger partial charge in [-0.1, -0.05) is 19.9 Å². The van der Waals surface area contributed by atoms with E-state index in [0.29, 0.717) is 24.5 Å². The third-order valence-corrected chi connectivity index (χ3v) is 2.89. The van der Waals surface area contributed by atoms with Crippen LogP contribution in [0.25, 0.3) is 0 Å². The molecule has 4 nitrogen and oxygen atoms in total. The second-order valence-corrected chi connectivity index (χ2v) is 4.54. The SMILES string of the molecule is CCCNCc1ccc(OCC(O)CC)c(OC)c1. The van der Waals surface area contributed by atoms with Crippen molar-refractivity contribution in [2.45, 2.75) is 39.3 Å². The van der Waals surface area contributed by atoms with Crippen molar-refractivity contribution in [1.82, 2.24) is 5.32 Å². The van der Waals surface area contributed by atoms with E-state index < -0.39 is 6.10 Å². The zero-order chi connectivity index (χ0) is 14.1. The summed E-state index contributed by atoms with van der Waals surface area (Å²) in [7, 11) is 1.63. The highest BCUT2D eigenvalue weighted by Gasteiger charge is 2.08. The maximum Gasteiger partial charge on any atom is 0.161 e. The van der Waals surface area contributed by atoms with Crippen molar-refractivity contribution in [1.29, 1.82) is 0 Å². The van der Waals surface area contributed by atoms with Crippen LogP contribution in [0.3, 0.4) is 0 Å². The summed E-state index contributed by atoms with van der Waals surface area (Å²) >= 11 is 0. The van der Waals surface area contributed by atoms with E-state index in [2.05, 4.69) is 12.2 Å². The number of hydrogen-bond acceptors (Lipinski definition) is 4. The van der Waals surface area contributed by atoms with E-state index in [0.717, 1.165) is 25.1 Å². The van der Waals surface area contributed by atoms with Crippen molar-refractivity contribution in [2.24, 2.45) is 0 Å². The molecule has 0 amide bonds. The molecule has 0 saturated carbocycles. The van der Waals surface area contributed by atoms with Crippen LogP contribution in [0.2, 0.25) is 0 Å². The summed E-state index contributed by atoms with van der Waals surface area (Å²) in [4.78, 5) is 0. The van der Waals surface area contributed by atoms with Gasteiger partial charge < -0.3 is 19.9 Å². The predicted octanol–water partition coefficient (Wildman–Crippen LogP) is 2.34. The lowest BCUT2D eigenvalue weighted by atomic mass is 10.2. The summed E-state index contributed by atoms with van der Waals surface area (Å²) in [6.45, 7) is 6.18. The van der Waals surface area contributed by atoms with Crippen LogP contribution in [-0.4, -0.2) is 31.5 Å². The standard InChI is InChI=1S/C15H25NO3/c1-4-8-16-10-12-6-7-14(15(9-12)18-3)19-11-13(17)5-2/h6-7,9,13,16-17H,4-5,8,10-11H2,1-3H3. The molecule has 1 aromatic carbocycles. The Labute approximate surface area is 115 Å². The molecule has 0 aliphatic carbocycles. The first-order chi connectivity index (χ1) is 9.21. The lowest BCUT2D eigenvalue weighted by Crippen LogP contribution is -2.16. The molecule has 1 rings (SSSR count). The molecule has 0 aliphatic rings. The second kappa shape index (κ2) is 8.77. The molecule has 1 unspecified atom stereocenters. The van der Waals surface area contributed by atoms with Crippen LogP contribution in [0.4, 0.5) is 0 Å². The van der Waals surface area contributed by atoms with Gasteiger partial charge in [-0.05, 0) is 37.1 Å². The fraction of sp³-hybridized carbons (Fsp3) is 0.600. The van der Waals surface area contributed by atoms with Crippen molar-refractivity contribution in [3.63, 3.8) is 0 Å². The molecule has 1 atom stereocenters. The van der Waals surface area contributed by atoms with Gasteiger partial charge in [-0.15, -0.1) is 0 Å². The first-order valence-corrected chi connectivity index (χ1v) is 6.89. The number of nitrogens with one attached hydrogen (secondary N) is 1. The largest absolute Gasteiger partial charge is 0.493 e. The van der Waals surface area contributed by atoms with Gasteiger partial charge >= 0.3 is 0 Å². The average Bonchev–Trinajstić information content (AvgIpc) is 2.45. The minimum atomic E-state index is -0.435.